The Hall–Kier alpha value is -3.58. The molecule has 5 aromatic rings. The molecule has 1 heterocycles. The molecule has 27 heavy (non-hydrogen) atoms. The predicted molar refractivity (Wildman–Crippen MR) is 115 cm³/mol. The van der Waals surface area contributed by atoms with Gasteiger partial charge in [-0.3, -0.25) is 0 Å². The van der Waals surface area contributed by atoms with Gasteiger partial charge in [-0.1, -0.05) is 103 Å². The van der Waals surface area contributed by atoms with Crippen molar-refractivity contribution in [3.8, 4) is 11.3 Å². The minimum atomic E-state index is 0.903. The van der Waals surface area contributed by atoms with Crippen molar-refractivity contribution in [2.24, 2.45) is 0 Å². The Morgan fingerprint density at radius 1 is 0.556 bits per heavy atom. The van der Waals surface area contributed by atoms with Crippen molar-refractivity contribution in [3.05, 3.63) is 108 Å². The van der Waals surface area contributed by atoms with E-state index in [9.17, 15) is 0 Å². The summed E-state index contributed by atoms with van der Waals surface area (Å²) in [5.41, 5.74) is 4.41. The van der Waals surface area contributed by atoms with Gasteiger partial charge in [0.2, 0.25) is 0 Å². The molecule has 0 saturated heterocycles. The third-order valence-corrected chi connectivity index (χ3v) is 4.87. The molecule has 128 valence electrons. The molecule has 0 bridgehead atoms. The van der Waals surface area contributed by atoms with Crippen molar-refractivity contribution >= 4 is 33.9 Å². The van der Waals surface area contributed by atoms with Crippen LogP contribution in [0.4, 0.5) is 0 Å². The first-order valence-electron chi connectivity index (χ1n) is 9.12. The Bertz CT molecular complexity index is 1240. The molecule has 4 aromatic carbocycles. The van der Waals surface area contributed by atoms with E-state index in [1.54, 1.807) is 0 Å². The second-order valence-electron chi connectivity index (χ2n) is 6.68. The average Bonchev–Trinajstić information content (AvgIpc) is 3.18. The summed E-state index contributed by atoms with van der Waals surface area (Å²) in [6.45, 7) is 0. The largest absolute Gasteiger partial charge is 0.455 e. The minimum absolute atomic E-state index is 0.903. The standard InChI is InChI=1S/C26H18O/c1-2-6-19(7-3-1)10-11-20-12-14-22(15-13-20)25-18-23-17-16-21-8-4-5-9-24(21)26(23)27-25/h1-18H/b11-10+. The molecule has 0 fully saturated rings. The van der Waals surface area contributed by atoms with E-state index in [4.69, 9.17) is 4.42 Å². The van der Waals surface area contributed by atoms with Crippen molar-refractivity contribution in [2.75, 3.05) is 0 Å². The van der Waals surface area contributed by atoms with E-state index in [1.807, 2.05) is 18.2 Å². The zero-order chi connectivity index (χ0) is 18.1. The van der Waals surface area contributed by atoms with E-state index in [1.165, 1.54) is 16.5 Å². The molecular weight excluding hydrogens is 328 g/mol. The van der Waals surface area contributed by atoms with Gasteiger partial charge in [-0.2, -0.15) is 0 Å². The van der Waals surface area contributed by atoms with Crippen molar-refractivity contribution in [1.82, 2.24) is 0 Å². The average molecular weight is 346 g/mol. The quantitative estimate of drug-likeness (QED) is 0.310. The fourth-order valence-corrected chi connectivity index (χ4v) is 3.43. The van der Waals surface area contributed by atoms with Crippen molar-refractivity contribution in [3.63, 3.8) is 0 Å². The van der Waals surface area contributed by atoms with Crippen LogP contribution >= 0.6 is 0 Å². The number of hydrogen-bond acceptors (Lipinski definition) is 1. The molecule has 0 N–H and O–H groups in total. The maximum absolute atomic E-state index is 6.22. The van der Waals surface area contributed by atoms with Gasteiger partial charge in [0.05, 0.1) is 0 Å². The van der Waals surface area contributed by atoms with E-state index < -0.39 is 0 Å². The maximum Gasteiger partial charge on any atom is 0.142 e. The number of furan rings is 1. The van der Waals surface area contributed by atoms with E-state index in [0.717, 1.165) is 27.7 Å². The molecule has 1 nitrogen and oxygen atoms in total. The van der Waals surface area contributed by atoms with Crippen LogP contribution < -0.4 is 0 Å². The molecule has 0 aliphatic rings. The third kappa shape index (κ3) is 3.04. The smallest absolute Gasteiger partial charge is 0.142 e. The molecule has 0 saturated carbocycles. The molecule has 5 rings (SSSR count). The van der Waals surface area contributed by atoms with Gasteiger partial charge in [0.15, 0.2) is 0 Å². The zero-order valence-corrected chi connectivity index (χ0v) is 14.8. The first-order chi connectivity index (χ1) is 13.4. The number of hydrogen-bond donors (Lipinski definition) is 0. The summed E-state index contributed by atoms with van der Waals surface area (Å²) in [6, 6.07) is 33.5. The highest BCUT2D eigenvalue weighted by atomic mass is 16.3. The summed E-state index contributed by atoms with van der Waals surface area (Å²) in [5, 5.41) is 3.49. The zero-order valence-electron chi connectivity index (χ0n) is 14.8. The monoisotopic (exact) mass is 346 g/mol. The number of fused-ring (bicyclic) bond motifs is 3. The topological polar surface area (TPSA) is 13.1 Å². The highest BCUT2D eigenvalue weighted by Crippen LogP contribution is 2.32. The molecule has 0 aliphatic carbocycles. The number of benzene rings is 4. The molecular formula is C26H18O. The summed E-state index contributed by atoms with van der Waals surface area (Å²) in [4.78, 5) is 0. The van der Waals surface area contributed by atoms with Crippen LogP contribution in [0.3, 0.4) is 0 Å². The van der Waals surface area contributed by atoms with Crippen LogP contribution in [0.1, 0.15) is 11.1 Å². The lowest BCUT2D eigenvalue weighted by Crippen LogP contribution is -1.76. The van der Waals surface area contributed by atoms with Gasteiger partial charge >= 0.3 is 0 Å². The van der Waals surface area contributed by atoms with Gasteiger partial charge in [-0.25, -0.2) is 0 Å². The van der Waals surface area contributed by atoms with Crippen molar-refractivity contribution in [1.29, 1.82) is 0 Å². The Labute approximate surface area is 158 Å². The highest BCUT2D eigenvalue weighted by Gasteiger charge is 2.09. The van der Waals surface area contributed by atoms with Gasteiger partial charge in [0.25, 0.3) is 0 Å². The second kappa shape index (κ2) is 6.62. The first-order valence-corrected chi connectivity index (χ1v) is 9.12. The Balaban J connectivity index is 1.48. The molecule has 0 unspecified atom stereocenters. The first kappa shape index (κ1) is 15.7. The van der Waals surface area contributed by atoms with E-state index in [-0.39, 0.29) is 0 Å². The van der Waals surface area contributed by atoms with Crippen LogP contribution in [0.2, 0.25) is 0 Å². The third-order valence-electron chi connectivity index (χ3n) is 4.87. The molecule has 1 aromatic heterocycles. The maximum atomic E-state index is 6.22. The fourth-order valence-electron chi connectivity index (χ4n) is 3.43. The van der Waals surface area contributed by atoms with Gasteiger partial charge < -0.3 is 4.42 Å². The number of rotatable bonds is 3. The predicted octanol–water partition coefficient (Wildman–Crippen LogP) is 7.42. The normalized spacial score (nSPS) is 11.6. The molecule has 0 radical (unpaired) electrons. The lowest BCUT2D eigenvalue weighted by atomic mass is 10.1. The highest BCUT2D eigenvalue weighted by molar-refractivity contribution is 6.05. The van der Waals surface area contributed by atoms with E-state index >= 15 is 0 Å². The van der Waals surface area contributed by atoms with Gasteiger partial charge in [-0.05, 0) is 22.6 Å². The van der Waals surface area contributed by atoms with Crippen LogP contribution in [0.25, 0.3) is 45.2 Å². The van der Waals surface area contributed by atoms with Gasteiger partial charge in [0, 0.05) is 16.3 Å². The summed E-state index contributed by atoms with van der Waals surface area (Å²) < 4.78 is 6.22. The fraction of sp³-hybridized carbons (Fsp3) is 0. The molecule has 0 amide bonds. The summed E-state index contributed by atoms with van der Waals surface area (Å²) in [6.07, 6.45) is 4.26. The summed E-state index contributed by atoms with van der Waals surface area (Å²) in [5.74, 6) is 0.903. The molecule has 1 heteroatoms. The summed E-state index contributed by atoms with van der Waals surface area (Å²) >= 11 is 0. The SMILES string of the molecule is C(=C\c1ccc(-c2cc3ccc4ccccc4c3o2)cc1)/c1ccccc1. The molecule has 0 atom stereocenters. The molecule has 0 spiro atoms. The van der Waals surface area contributed by atoms with Crippen molar-refractivity contribution in [2.45, 2.75) is 0 Å². The van der Waals surface area contributed by atoms with Gasteiger partial charge in [-0.15, -0.1) is 0 Å². The van der Waals surface area contributed by atoms with E-state index in [2.05, 4.69) is 91.0 Å². The molecule has 0 aliphatic heterocycles. The van der Waals surface area contributed by atoms with Crippen LogP contribution in [-0.4, -0.2) is 0 Å². The van der Waals surface area contributed by atoms with Gasteiger partial charge in [0.1, 0.15) is 11.3 Å². The van der Waals surface area contributed by atoms with Crippen LogP contribution in [0, 0.1) is 0 Å². The van der Waals surface area contributed by atoms with Crippen molar-refractivity contribution < 1.29 is 4.42 Å². The van der Waals surface area contributed by atoms with E-state index in [0.29, 0.717) is 0 Å². The van der Waals surface area contributed by atoms with Crippen LogP contribution in [0.15, 0.2) is 101 Å². The van der Waals surface area contributed by atoms with Crippen LogP contribution in [0.5, 0.6) is 0 Å². The second-order valence-corrected chi connectivity index (χ2v) is 6.68. The minimum Gasteiger partial charge on any atom is -0.455 e. The Kier molecular flexibility index (Phi) is 3.84. The Morgan fingerprint density at radius 3 is 2.04 bits per heavy atom. The lowest BCUT2D eigenvalue weighted by Gasteiger charge is -1.99. The lowest BCUT2D eigenvalue weighted by molar-refractivity contribution is 0.635. The summed E-state index contributed by atoms with van der Waals surface area (Å²) in [7, 11) is 0. The van der Waals surface area contributed by atoms with Crippen LogP contribution in [-0.2, 0) is 0 Å². The Morgan fingerprint density at radius 2 is 1.22 bits per heavy atom.